The summed E-state index contributed by atoms with van der Waals surface area (Å²) in [4.78, 5) is 25.4. The van der Waals surface area contributed by atoms with Gasteiger partial charge in [0.1, 0.15) is 36.8 Å². The maximum atomic E-state index is 12.8. The van der Waals surface area contributed by atoms with E-state index in [-0.39, 0.29) is 19.4 Å². The number of hydrogen-bond donors (Lipinski definition) is 4. The first-order valence-corrected chi connectivity index (χ1v) is 25.1. The molecular weight excluding hydrogens is 813 g/mol. The van der Waals surface area contributed by atoms with Crippen molar-refractivity contribution in [3.63, 3.8) is 0 Å². The summed E-state index contributed by atoms with van der Waals surface area (Å²) < 4.78 is 54.1. The molecule has 0 saturated carbocycles. The number of aliphatic hydroxyl groups is 3. The van der Waals surface area contributed by atoms with Gasteiger partial charge in [-0.2, -0.15) is 8.42 Å². The van der Waals surface area contributed by atoms with Gasteiger partial charge in [0, 0.05) is 12.8 Å². The monoisotopic (exact) mass is 895 g/mol. The summed E-state index contributed by atoms with van der Waals surface area (Å²) in [5.74, 6) is -2.07. The zero-order valence-corrected chi connectivity index (χ0v) is 38.8. The summed E-state index contributed by atoms with van der Waals surface area (Å²) in [5.41, 5.74) is 0. The summed E-state index contributed by atoms with van der Waals surface area (Å²) in [7, 11) is -4.61. The summed E-state index contributed by atoms with van der Waals surface area (Å²) >= 11 is 0. The number of rotatable bonds is 38. The van der Waals surface area contributed by atoms with Gasteiger partial charge in [-0.1, -0.05) is 151 Å². The summed E-state index contributed by atoms with van der Waals surface area (Å²) in [5, 5.41) is 30.9. The third-order valence-corrected chi connectivity index (χ3v) is 11.0. The van der Waals surface area contributed by atoms with Gasteiger partial charge in [0.15, 0.2) is 12.4 Å². The molecule has 0 aromatic heterocycles. The van der Waals surface area contributed by atoms with E-state index in [1.807, 2.05) is 12.2 Å². The molecule has 0 aliphatic carbocycles. The minimum Gasteiger partial charge on any atom is -0.462 e. The zero-order valence-electron chi connectivity index (χ0n) is 37.9. The second-order valence-corrected chi connectivity index (χ2v) is 17.5. The highest BCUT2D eigenvalue weighted by Gasteiger charge is 2.46. The molecule has 2 unspecified atom stereocenters. The second kappa shape index (κ2) is 38.5. The number of carbonyl (C=O) groups excluding carboxylic acids is 2. The molecule has 13 heteroatoms. The van der Waals surface area contributed by atoms with E-state index in [0.717, 1.165) is 64.2 Å². The fourth-order valence-corrected chi connectivity index (χ4v) is 7.34. The van der Waals surface area contributed by atoms with E-state index in [1.54, 1.807) is 0 Å². The Balaban J connectivity index is 2.48. The molecule has 0 aromatic rings. The number of ether oxygens (including phenoxy) is 4. The molecule has 12 nitrogen and oxygen atoms in total. The summed E-state index contributed by atoms with van der Waals surface area (Å²) in [6.45, 7) is 3.59. The Labute approximate surface area is 374 Å². The van der Waals surface area contributed by atoms with Crippen LogP contribution in [0.4, 0.5) is 0 Å². The lowest BCUT2D eigenvalue weighted by Gasteiger charge is -2.40. The van der Waals surface area contributed by atoms with Gasteiger partial charge < -0.3 is 34.3 Å². The molecule has 1 heterocycles. The van der Waals surface area contributed by atoms with Crippen LogP contribution in [-0.4, -0.2) is 96.0 Å². The van der Waals surface area contributed by atoms with Gasteiger partial charge in [-0.15, -0.1) is 0 Å². The normalized spacial score (nSPS) is 20.5. The predicted octanol–water partition coefficient (Wildman–Crippen LogP) is 9.89. The Morgan fingerprint density at radius 2 is 1.03 bits per heavy atom. The van der Waals surface area contributed by atoms with Crippen LogP contribution in [0, 0.1) is 0 Å². The molecule has 0 aromatic carbocycles. The Bertz CT molecular complexity index is 1420. The minimum atomic E-state index is -4.61. The fourth-order valence-electron chi connectivity index (χ4n) is 6.65. The molecule has 0 bridgehead atoms. The van der Waals surface area contributed by atoms with E-state index in [1.165, 1.54) is 57.8 Å². The lowest BCUT2D eigenvalue weighted by Crippen LogP contribution is -2.60. The van der Waals surface area contributed by atoms with Crippen LogP contribution in [0.1, 0.15) is 168 Å². The smallest absolute Gasteiger partial charge is 0.306 e. The summed E-state index contributed by atoms with van der Waals surface area (Å²) in [6.07, 6.45) is 39.5. The first-order valence-electron chi connectivity index (χ1n) is 23.5. The molecule has 356 valence electrons. The standard InChI is InChI=1S/C49H82O12S/c1-3-5-7-9-11-13-15-17-19-21-23-25-27-29-31-33-35-37-44(50)58-39-42(40-59-49-48(54)47(53)46(52)43(61-49)41-62(55,56)57)60-45(51)38-36-34-32-30-28-26-24-22-20-18-16-14-12-10-8-6-4-2/h5,7,11,13,17-20,23,25,29,31,42-43,46-49,52-54H,3-4,6,8-10,12,14-16,21-22,24,26-28,30,32-41H2,1-2H3,(H,55,56,57)/b7-5+,13-11+,19-17+,20-18+,25-23+,31-29+/t42-,43-,46-,47?,48?,49+/m1/s1. The van der Waals surface area contributed by atoms with E-state index in [0.29, 0.717) is 19.3 Å². The van der Waals surface area contributed by atoms with Crippen LogP contribution in [0.3, 0.4) is 0 Å². The Morgan fingerprint density at radius 1 is 0.565 bits per heavy atom. The molecule has 4 N–H and O–H groups in total. The third-order valence-electron chi connectivity index (χ3n) is 10.3. The molecular formula is C49H82O12S. The van der Waals surface area contributed by atoms with Crippen molar-refractivity contribution in [3.8, 4) is 0 Å². The van der Waals surface area contributed by atoms with Crippen LogP contribution >= 0.6 is 0 Å². The number of carbonyl (C=O) groups is 2. The number of allylic oxidation sites excluding steroid dienone is 12. The van der Waals surface area contributed by atoms with E-state index in [2.05, 4.69) is 74.6 Å². The maximum Gasteiger partial charge on any atom is 0.306 e. The van der Waals surface area contributed by atoms with Crippen LogP contribution < -0.4 is 0 Å². The lowest BCUT2D eigenvalue weighted by molar-refractivity contribution is -0.297. The van der Waals surface area contributed by atoms with E-state index in [4.69, 9.17) is 18.9 Å². The average Bonchev–Trinajstić information content (AvgIpc) is 3.24. The van der Waals surface area contributed by atoms with Gasteiger partial charge >= 0.3 is 11.9 Å². The number of hydrogen-bond acceptors (Lipinski definition) is 11. The highest BCUT2D eigenvalue weighted by Crippen LogP contribution is 2.24. The van der Waals surface area contributed by atoms with E-state index in [9.17, 15) is 37.9 Å². The Kier molecular flexibility index (Phi) is 35.5. The molecule has 1 fully saturated rings. The van der Waals surface area contributed by atoms with Crippen molar-refractivity contribution in [2.75, 3.05) is 19.0 Å². The minimum absolute atomic E-state index is 0.137. The van der Waals surface area contributed by atoms with Crippen LogP contribution in [0.25, 0.3) is 0 Å². The van der Waals surface area contributed by atoms with E-state index < -0.39 is 71.2 Å². The zero-order chi connectivity index (χ0) is 45.5. The maximum absolute atomic E-state index is 12.8. The largest absolute Gasteiger partial charge is 0.462 e. The first kappa shape index (κ1) is 57.1. The predicted molar refractivity (Wildman–Crippen MR) is 247 cm³/mol. The highest BCUT2D eigenvalue weighted by molar-refractivity contribution is 7.85. The Morgan fingerprint density at radius 3 is 1.58 bits per heavy atom. The van der Waals surface area contributed by atoms with Crippen molar-refractivity contribution in [2.45, 2.75) is 205 Å². The quantitative estimate of drug-likeness (QED) is 0.0199. The molecule has 1 aliphatic heterocycles. The van der Waals surface area contributed by atoms with E-state index >= 15 is 0 Å². The van der Waals surface area contributed by atoms with Gasteiger partial charge in [-0.05, 0) is 77.0 Å². The van der Waals surface area contributed by atoms with Crippen LogP contribution in [0.15, 0.2) is 72.9 Å². The first-order chi connectivity index (χ1) is 30.0. The van der Waals surface area contributed by atoms with Crippen molar-refractivity contribution in [1.82, 2.24) is 0 Å². The fraction of sp³-hybridized carbons (Fsp3) is 0.714. The Hall–Kier alpha value is -2.91. The number of unbranched alkanes of at least 4 members (excludes halogenated alkanes) is 14. The molecule has 1 rings (SSSR count). The molecule has 0 spiro atoms. The van der Waals surface area contributed by atoms with Crippen molar-refractivity contribution >= 4 is 22.1 Å². The number of aliphatic hydroxyl groups excluding tert-OH is 3. The van der Waals surface area contributed by atoms with Gasteiger partial charge in [-0.3, -0.25) is 14.1 Å². The van der Waals surface area contributed by atoms with Crippen molar-refractivity contribution < 1.29 is 56.8 Å². The molecule has 1 saturated heterocycles. The number of esters is 2. The van der Waals surface area contributed by atoms with Gasteiger partial charge in [0.25, 0.3) is 10.1 Å². The molecule has 6 atom stereocenters. The third kappa shape index (κ3) is 32.7. The molecule has 1 aliphatic rings. The molecule has 0 radical (unpaired) electrons. The van der Waals surface area contributed by atoms with Crippen molar-refractivity contribution in [2.24, 2.45) is 0 Å². The highest BCUT2D eigenvalue weighted by atomic mass is 32.2. The van der Waals surface area contributed by atoms with Crippen LogP contribution in [-0.2, 0) is 38.7 Å². The van der Waals surface area contributed by atoms with Crippen molar-refractivity contribution in [1.29, 1.82) is 0 Å². The lowest BCUT2D eigenvalue weighted by atomic mass is 10.00. The van der Waals surface area contributed by atoms with Crippen LogP contribution in [0.2, 0.25) is 0 Å². The topological polar surface area (TPSA) is 186 Å². The van der Waals surface area contributed by atoms with Gasteiger partial charge in [0.2, 0.25) is 0 Å². The molecule has 0 amide bonds. The summed E-state index contributed by atoms with van der Waals surface area (Å²) in [6, 6.07) is 0. The van der Waals surface area contributed by atoms with Gasteiger partial charge in [-0.25, -0.2) is 0 Å². The van der Waals surface area contributed by atoms with Crippen molar-refractivity contribution in [3.05, 3.63) is 72.9 Å². The molecule has 62 heavy (non-hydrogen) atoms. The van der Waals surface area contributed by atoms with Gasteiger partial charge in [0.05, 0.1) is 6.61 Å². The second-order valence-electron chi connectivity index (χ2n) is 16.0. The SMILES string of the molecule is CC/C=C/C/C=C/C/C=C/C/C=C/C/C=C/CCCC(=O)OC[C@H](CO[C@H]1O[C@H](CS(=O)(=O)O)[C@@H](O)C(O)C1O)OC(=O)CCCCCCCCC/C=C/CCCCCCCC. The van der Waals surface area contributed by atoms with Crippen LogP contribution in [0.5, 0.6) is 0 Å². The average molecular weight is 895 g/mol.